The van der Waals surface area contributed by atoms with Crippen LogP contribution in [0.4, 0.5) is 0 Å². The Hall–Kier alpha value is -1.00. The highest BCUT2D eigenvalue weighted by Gasteiger charge is 2.26. The number of rotatable bonds is 3. The van der Waals surface area contributed by atoms with E-state index in [0.29, 0.717) is 5.75 Å². The predicted octanol–water partition coefficient (Wildman–Crippen LogP) is 3.47. The zero-order valence-corrected chi connectivity index (χ0v) is 13.9. The summed E-state index contributed by atoms with van der Waals surface area (Å²) in [6, 6.07) is 8.39. The Labute approximate surface area is 131 Å². The lowest BCUT2D eigenvalue weighted by molar-refractivity contribution is -0.151. The fourth-order valence-electron chi connectivity index (χ4n) is 2.69. The molecule has 0 aliphatic heterocycles. The van der Waals surface area contributed by atoms with Crippen molar-refractivity contribution in [2.45, 2.75) is 56.9 Å². The summed E-state index contributed by atoms with van der Waals surface area (Å²) in [5, 5.41) is 0.279. The van der Waals surface area contributed by atoms with Gasteiger partial charge < -0.3 is 10.5 Å². The van der Waals surface area contributed by atoms with E-state index in [1.807, 2.05) is 26.8 Å². The zero-order valence-electron chi connectivity index (χ0n) is 13.1. The van der Waals surface area contributed by atoms with Gasteiger partial charge in [0, 0.05) is 11.3 Å². The Kier molecular flexibility index (Phi) is 5.33. The van der Waals surface area contributed by atoms with Crippen LogP contribution < -0.4 is 5.73 Å². The van der Waals surface area contributed by atoms with Crippen LogP contribution in [0.3, 0.4) is 0 Å². The average molecular weight is 307 g/mol. The maximum atomic E-state index is 11.9. The molecule has 1 aromatic rings. The number of hydrogen-bond donors (Lipinski definition) is 1. The van der Waals surface area contributed by atoms with Crippen molar-refractivity contribution in [3.63, 3.8) is 0 Å². The molecular formula is C17H25NO2S. The third-order valence-corrected chi connectivity index (χ3v) is 4.94. The van der Waals surface area contributed by atoms with Crippen LogP contribution in [0.5, 0.6) is 0 Å². The summed E-state index contributed by atoms with van der Waals surface area (Å²) in [7, 11) is 0. The van der Waals surface area contributed by atoms with Gasteiger partial charge >= 0.3 is 5.97 Å². The number of carbonyl (C=O) groups excluding carboxylic acids is 1. The van der Waals surface area contributed by atoms with E-state index in [1.165, 1.54) is 11.1 Å². The van der Waals surface area contributed by atoms with Crippen molar-refractivity contribution in [3.8, 4) is 0 Å². The number of ether oxygens (including phenoxy) is 1. The van der Waals surface area contributed by atoms with Crippen molar-refractivity contribution >= 4 is 17.7 Å². The molecule has 0 radical (unpaired) electrons. The molecule has 2 unspecified atom stereocenters. The van der Waals surface area contributed by atoms with E-state index >= 15 is 0 Å². The molecule has 2 atom stereocenters. The van der Waals surface area contributed by atoms with E-state index < -0.39 is 5.60 Å². The van der Waals surface area contributed by atoms with Gasteiger partial charge in [0.2, 0.25) is 0 Å². The number of thioether (sulfide) groups is 1. The van der Waals surface area contributed by atoms with Crippen molar-refractivity contribution in [3.05, 3.63) is 35.4 Å². The van der Waals surface area contributed by atoms with E-state index in [2.05, 4.69) is 18.2 Å². The monoisotopic (exact) mass is 307 g/mol. The first-order chi connectivity index (χ1) is 9.87. The molecule has 1 aliphatic rings. The second kappa shape index (κ2) is 6.84. The summed E-state index contributed by atoms with van der Waals surface area (Å²) in [5.41, 5.74) is 8.60. The van der Waals surface area contributed by atoms with Crippen molar-refractivity contribution in [2.75, 3.05) is 5.75 Å². The number of fused-ring (bicyclic) bond motifs is 1. The molecule has 1 aromatic carbocycles. The summed E-state index contributed by atoms with van der Waals surface area (Å²) in [6.45, 7) is 5.68. The highest BCUT2D eigenvalue weighted by atomic mass is 32.2. The molecule has 0 saturated carbocycles. The van der Waals surface area contributed by atoms with E-state index in [4.69, 9.17) is 10.5 Å². The topological polar surface area (TPSA) is 52.3 Å². The molecular weight excluding hydrogens is 282 g/mol. The van der Waals surface area contributed by atoms with Gasteiger partial charge in [-0.15, -0.1) is 11.8 Å². The fraction of sp³-hybridized carbons (Fsp3) is 0.588. The molecule has 116 valence electrons. The maximum Gasteiger partial charge on any atom is 0.316 e. The Morgan fingerprint density at radius 1 is 1.38 bits per heavy atom. The number of aryl methyl sites for hydroxylation is 1. The van der Waals surface area contributed by atoms with Crippen molar-refractivity contribution in [2.24, 2.45) is 5.73 Å². The Morgan fingerprint density at radius 3 is 2.81 bits per heavy atom. The first-order valence-corrected chi connectivity index (χ1v) is 8.58. The lowest BCUT2D eigenvalue weighted by atomic mass is 10.00. The minimum Gasteiger partial charge on any atom is -0.459 e. The second-order valence-electron chi connectivity index (χ2n) is 6.55. The summed E-state index contributed by atoms with van der Waals surface area (Å²) >= 11 is 1.63. The lowest BCUT2D eigenvalue weighted by Gasteiger charge is -2.24. The van der Waals surface area contributed by atoms with Gasteiger partial charge in [-0.2, -0.15) is 0 Å². The number of carbonyl (C=O) groups is 1. The lowest BCUT2D eigenvalue weighted by Crippen LogP contribution is -2.28. The van der Waals surface area contributed by atoms with Crippen LogP contribution in [0.2, 0.25) is 0 Å². The van der Waals surface area contributed by atoms with E-state index in [1.54, 1.807) is 11.8 Å². The van der Waals surface area contributed by atoms with Gasteiger partial charge in [0.1, 0.15) is 5.60 Å². The standard InChI is InChI=1S/C17H25NO2S/c1-17(2,3)20-15(19)11-21-14-10-6-8-12-7-4-5-9-13(12)16(14)18/h4-5,7,9,14,16H,6,8,10-11,18H2,1-3H3. The second-order valence-corrected chi connectivity index (χ2v) is 7.78. The molecule has 2 N–H and O–H groups in total. The minimum absolute atomic E-state index is 0.00358. The first-order valence-electron chi connectivity index (χ1n) is 7.53. The van der Waals surface area contributed by atoms with Gasteiger partial charge in [0.05, 0.1) is 5.75 Å². The smallest absolute Gasteiger partial charge is 0.316 e. The normalized spacial score (nSPS) is 22.3. The quantitative estimate of drug-likeness (QED) is 0.686. The largest absolute Gasteiger partial charge is 0.459 e. The zero-order chi connectivity index (χ0) is 15.5. The summed E-state index contributed by atoms with van der Waals surface area (Å²) < 4.78 is 5.36. The van der Waals surface area contributed by atoms with Crippen molar-refractivity contribution < 1.29 is 9.53 Å². The van der Waals surface area contributed by atoms with Crippen molar-refractivity contribution in [1.82, 2.24) is 0 Å². The molecule has 0 fully saturated rings. The van der Waals surface area contributed by atoms with Gasteiger partial charge in [-0.1, -0.05) is 24.3 Å². The van der Waals surface area contributed by atoms with Crippen LogP contribution in [0, 0.1) is 0 Å². The number of nitrogens with two attached hydrogens (primary N) is 1. The predicted molar refractivity (Wildman–Crippen MR) is 88.4 cm³/mol. The first kappa shape index (κ1) is 16.4. The van der Waals surface area contributed by atoms with Crippen molar-refractivity contribution in [1.29, 1.82) is 0 Å². The molecule has 0 aromatic heterocycles. The molecule has 0 heterocycles. The van der Waals surface area contributed by atoms with Crippen LogP contribution in [0.15, 0.2) is 24.3 Å². The molecule has 0 saturated heterocycles. The van der Waals surface area contributed by atoms with Crippen LogP contribution in [0.25, 0.3) is 0 Å². The maximum absolute atomic E-state index is 11.9. The van der Waals surface area contributed by atoms with Gasteiger partial charge in [0.25, 0.3) is 0 Å². The Balaban J connectivity index is 1.97. The Morgan fingerprint density at radius 2 is 2.10 bits per heavy atom. The molecule has 4 heteroatoms. The minimum atomic E-state index is -0.421. The number of benzene rings is 1. The van der Waals surface area contributed by atoms with Gasteiger partial charge in [-0.3, -0.25) is 4.79 Å². The molecule has 1 aliphatic carbocycles. The van der Waals surface area contributed by atoms with Crippen LogP contribution in [0.1, 0.15) is 50.8 Å². The van der Waals surface area contributed by atoms with Gasteiger partial charge in [0.15, 0.2) is 0 Å². The fourth-order valence-corrected chi connectivity index (χ4v) is 3.79. The SMILES string of the molecule is CC(C)(C)OC(=O)CSC1CCCc2ccccc2C1N. The van der Waals surface area contributed by atoms with Crippen LogP contribution >= 0.6 is 11.8 Å². The highest BCUT2D eigenvalue weighted by Crippen LogP contribution is 2.34. The molecule has 2 rings (SSSR count). The molecule has 3 nitrogen and oxygen atoms in total. The van der Waals surface area contributed by atoms with E-state index in [-0.39, 0.29) is 17.3 Å². The molecule has 0 bridgehead atoms. The third kappa shape index (κ3) is 4.75. The molecule has 21 heavy (non-hydrogen) atoms. The Bertz CT molecular complexity index is 496. The number of hydrogen-bond acceptors (Lipinski definition) is 4. The average Bonchev–Trinajstić information content (AvgIpc) is 2.55. The van der Waals surface area contributed by atoms with E-state index in [9.17, 15) is 4.79 Å². The van der Waals surface area contributed by atoms with Crippen LogP contribution in [-0.2, 0) is 16.0 Å². The summed E-state index contributed by atoms with van der Waals surface area (Å²) in [6.07, 6.45) is 3.24. The van der Waals surface area contributed by atoms with E-state index in [0.717, 1.165) is 19.3 Å². The van der Waals surface area contributed by atoms with Crippen LogP contribution in [-0.4, -0.2) is 22.6 Å². The molecule has 0 spiro atoms. The number of esters is 1. The highest BCUT2D eigenvalue weighted by molar-refractivity contribution is 8.00. The van der Waals surface area contributed by atoms with Gasteiger partial charge in [-0.05, 0) is 51.2 Å². The summed E-state index contributed by atoms with van der Waals surface area (Å²) in [5.74, 6) is 0.217. The molecule has 0 amide bonds. The van der Waals surface area contributed by atoms with Gasteiger partial charge in [-0.25, -0.2) is 0 Å². The summed E-state index contributed by atoms with van der Waals surface area (Å²) in [4.78, 5) is 11.9. The third-order valence-electron chi connectivity index (χ3n) is 3.58.